The second-order valence-electron chi connectivity index (χ2n) is 4.51. The second kappa shape index (κ2) is 7.26. The third-order valence-corrected chi connectivity index (χ3v) is 3.76. The smallest absolute Gasteiger partial charge is 0.187 e. The molecule has 0 fully saturated rings. The summed E-state index contributed by atoms with van der Waals surface area (Å²) in [6, 6.07) is 6.25. The van der Waals surface area contributed by atoms with Crippen LogP contribution in [0, 0.1) is 6.92 Å². The van der Waals surface area contributed by atoms with Crippen molar-refractivity contribution in [3.05, 3.63) is 47.3 Å². The Bertz CT molecular complexity index is 558. The molecule has 1 heterocycles. The number of nitrogens with one attached hydrogen (secondary N) is 1. The zero-order valence-corrected chi connectivity index (χ0v) is 12.8. The Morgan fingerprint density at radius 3 is 2.65 bits per heavy atom. The fraction of sp³-hybridized carbons (Fsp3) is 0.333. The fourth-order valence-electron chi connectivity index (χ4n) is 1.86. The monoisotopic (exact) mass is 289 g/mol. The molecule has 0 unspecified atom stereocenters. The minimum atomic E-state index is 0.789. The number of thioether (sulfide) groups is 1. The third-order valence-electron chi connectivity index (χ3n) is 2.84. The first kappa shape index (κ1) is 14.8. The molecule has 2 rings (SSSR count). The molecule has 0 aliphatic carbocycles. The van der Waals surface area contributed by atoms with Crippen LogP contribution in [-0.4, -0.2) is 24.1 Å². The highest BCUT2D eigenvalue weighted by Gasteiger charge is 2.06. The van der Waals surface area contributed by atoms with Gasteiger partial charge in [0.05, 0.1) is 7.11 Å². The van der Waals surface area contributed by atoms with Gasteiger partial charge in [0.25, 0.3) is 0 Å². The van der Waals surface area contributed by atoms with Crippen LogP contribution in [0.3, 0.4) is 0 Å². The van der Waals surface area contributed by atoms with Gasteiger partial charge in [-0.15, -0.1) is 0 Å². The summed E-state index contributed by atoms with van der Waals surface area (Å²) in [6.07, 6.45) is 3.67. The highest BCUT2D eigenvalue weighted by Crippen LogP contribution is 2.27. The number of benzene rings is 1. The lowest BCUT2D eigenvalue weighted by molar-refractivity contribution is 0.411. The van der Waals surface area contributed by atoms with Gasteiger partial charge in [-0.1, -0.05) is 17.8 Å². The first-order valence-electron chi connectivity index (χ1n) is 6.44. The number of nitrogens with zero attached hydrogens (tertiary/aromatic N) is 2. The summed E-state index contributed by atoms with van der Waals surface area (Å²) in [6.45, 7) is 2.83. The second-order valence-corrected chi connectivity index (χ2v) is 5.45. The average molecular weight is 289 g/mol. The van der Waals surface area contributed by atoms with Gasteiger partial charge < -0.3 is 10.1 Å². The van der Waals surface area contributed by atoms with E-state index in [1.807, 2.05) is 32.4 Å². The molecule has 1 N–H and O–H groups in total. The molecule has 0 atom stereocenters. The van der Waals surface area contributed by atoms with Crippen LogP contribution in [0.1, 0.15) is 16.7 Å². The summed E-state index contributed by atoms with van der Waals surface area (Å²) in [4.78, 5) is 8.61. The van der Waals surface area contributed by atoms with Gasteiger partial charge >= 0.3 is 0 Å². The van der Waals surface area contributed by atoms with Gasteiger partial charge in [-0.05, 0) is 37.2 Å². The SMILES string of the molecule is CNCc1ccc(OC)c(CSc2ncc(C)cn2)c1. The van der Waals surface area contributed by atoms with E-state index in [2.05, 4.69) is 27.4 Å². The van der Waals surface area contributed by atoms with Crippen LogP contribution >= 0.6 is 11.8 Å². The van der Waals surface area contributed by atoms with E-state index in [0.717, 1.165) is 34.3 Å². The molecule has 0 aliphatic rings. The zero-order chi connectivity index (χ0) is 14.4. The van der Waals surface area contributed by atoms with Gasteiger partial charge in [-0.2, -0.15) is 0 Å². The summed E-state index contributed by atoms with van der Waals surface area (Å²) >= 11 is 1.62. The summed E-state index contributed by atoms with van der Waals surface area (Å²) in [7, 11) is 3.64. The molecule has 2 aromatic rings. The quantitative estimate of drug-likeness (QED) is 0.654. The van der Waals surface area contributed by atoms with Crippen molar-refractivity contribution in [2.45, 2.75) is 24.4 Å². The summed E-state index contributed by atoms with van der Waals surface area (Å²) in [5.74, 6) is 1.70. The molecule has 0 aliphatic heterocycles. The number of methoxy groups -OCH3 is 1. The van der Waals surface area contributed by atoms with E-state index in [0.29, 0.717) is 0 Å². The molecule has 4 nitrogen and oxygen atoms in total. The van der Waals surface area contributed by atoms with Crippen LogP contribution in [0.4, 0.5) is 0 Å². The Labute approximate surface area is 124 Å². The Morgan fingerprint density at radius 1 is 1.25 bits per heavy atom. The topological polar surface area (TPSA) is 47.0 Å². The lowest BCUT2D eigenvalue weighted by atomic mass is 10.1. The molecule has 0 bridgehead atoms. The normalized spacial score (nSPS) is 10.6. The average Bonchev–Trinajstić information content (AvgIpc) is 2.47. The van der Waals surface area contributed by atoms with E-state index in [-0.39, 0.29) is 0 Å². The van der Waals surface area contributed by atoms with Crippen LogP contribution in [0.2, 0.25) is 0 Å². The van der Waals surface area contributed by atoms with Crippen LogP contribution in [0.5, 0.6) is 5.75 Å². The molecular formula is C15H19N3OS. The molecule has 0 amide bonds. The predicted molar refractivity (Wildman–Crippen MR) is 82.1 cm³/mol. The Balaban J connectivity index is 2.10. The van der Waals surface area contributed by atoms with E-state index in [9.17, 15) is 0 Å². The number of ether oxygens (including phenoxy) is 1. The highest BCUT2D eigenvalue weighted by molar-refractivity contribution is 7.98. The van der Waals surface area contributed by atoms with Crippen molar-refractivity contribution in [1.82, 2.24) is 15.3 Å². The van der Waals surface area contributed by atoms with Crippen LogP contribution < -0.4 is 10.1 Å². The molecule has 0 radical (unpaired) electrons. The van der Waals surface area contributed by atoms with E-state index in [1.165, 1.54) is 5.56 Å². The highest BCUT2D eigenvalue weighted by atomic mass is 32.2. The summed E-state index contributed by atoms with van der Waals surface area (Å²) < 4.78 is 5.41. The Morgan fingerprint density at radius 2 is 2.00 bits per heavy atom. The van der Waals surface area contributed by atoms with E-state index < -0.39 is 0 Å². The number of aromatic nitrogens is 2. The first-order chi connectivity index (χ1) is 9.72. The van der Waals surface area contributed by atoms with Gasteiger partial charge in [0.2, 0.25) is 0 Å². The minimum absolute atomic E-state index is 0.789. The standard InChI is InChI=1S/C15H19N3OS/c1-11-7-17-15(18-8-11)20-10-13-6-12(9-16-2)4-5-14(13)19-3/h4-8,16H,9-10H2,1-3H3. The van der Waals surface area contributed by atoms with Gasteiger partial charge in [0.1, 0.15) is 5.75 Å². The molecule has 1 aromatic heterocycles. The Hall–Kier alpha value is -1.59. The van der Waals surface area contributed by atoms with Crippen LogP contribution in [0.25, 0.3) is 0 Å². The maximum absolute atomic E-state index is 5.41. The lowest BCUT2D eigenvalue weighted by Crippen LogP contribution is -2.05. The van der Waals surface area contributed by atoms with Crippen molar-refractivity contribution in [2.24, 2.45) is 0 Å². The molecule has 0 spiro atoms. The van der Waals surface area contributed by atoms with Crippen molar-refractivity contribution in [3.8, 4) is 5.75 Å². The van der Waals surface area contributed by atoms with Crippen LogP contribution in [0.15, 0.2) is 35.7 Å². The van der Waals surface area contributed by atoms with Crippen molar-refractivity contribution in [2.75, 3.05) is 14.2 Å². The van der Waals surface area contributed by atoms with Gasteiger partial charge in [-0.3, -0.25) is 0 Å². The predicted octanol–water partition coefficient (Wildman–Crippen LogP) is 2.81. The van der Waals surface area contributed by atoms with Gasteiger partial charge in [0, 0.05) is 30.3 Å². The van der Waals surface area contributed by atoms with E-state index >= 15 is 0 Å². The lowest BCUT2D eigenvalue weighted by Gasteiger charge is -2.10. The zero-order valence-electron chi connectivity index (χ0n) is 12.0. The number of aryl methyl sites for hydroxylation is 1. The molecule has 106 valence electrons. The van der Waals surface area contributed by atoms with Crippen molar-refractivity contribution < 1.29 is 4.74 Å². The fourth-order valence-corrected chi connectivity index (χ4v) is 2.62. The molecule has 20 heavy (non-hydrogen) atoms. The van der Waals surface area contributed by atoms with E-state index in [1.54, 1.807) is 18.9 Å². The summed E-state index contributed by atoms with van der Waals surface area (Å²) in [5.41, 5.74) is 3.48. The largest absolute Gasteiger partial charge is 0.496 e. The summed E-state index contributed by atoms with van der Waals surface area (Å²) in [5, 5.41) is 3.94. The van der Waals surface area contributed by atoms with Crippen LogP contribution in [-0.2, 0) is 12.3 Å². The van der Waals surface area contributed by atoms with Gasteiger partial charge in [0.15, 0.2) is 5.16 Å². The maximum Gasteiger partial charge on any atom is 0.187 e. The molecular weight excluding hydrogens is 270 g/mol. The first-order valence-corrected chi connectivity index (χ1v) is 7.43. The maximum atomic E-state index is 5.41. The molecule has 0 saturated carbocycles. The molecule has 0 saturated heterocycles. The minimum Gasteiger partial charge on any atom is -0.496 e. The number of hydrogen-bond donors (Lipinski definition) is 1. The van der Waals surface area contributed by atoms with E-state index in [4.69, 9.17) is 4.74 Å². The number of rotatable bonds is 6. The molecule has 5 heteroatoms. The van der Waals surface area contributed by atoms with Crippen molar-refractivity contribution in [3.63, 3.8) is 0 Å². The van der Waals surface area contributed by atoms with Crippen molar-refractivity contribution in [1.29, 1.82) is 0 Å². The van der Waals surface area contributed by atoms with Gasteiger partial charge in [-0.25, -0.2) is 9.97 Å². The Kier molecular flexibility index (Phi) is 5.38. The van der Waals surface area contributed by atoms with Crippen molar-refractivity contribution >= 4 is 11.8 Å². The third kappa shape index (κ3) is 3.95. The number of hydrogen-bond acceptors (Lipinski definition) is 5. The molecule has 1 aromatic carbocycles.